The maximum atomic E-state index is 12.2. The van der Waals surface area contributed by atoms with Crippen LogP contribution in [0.3, 0.4) is 0 Å². The van der Waals surface area contributed by atoms with Crippen LogP contribution < -0.4 is 5.73 Å². The molecule has 124 valence electrons. The van der Waals surface area contributed by atoms with Crippen LogP contribution in [0, 0.1) is 0 Å². The summed E-state index contributed by atoms with van der Waals surface area (Å²) in [5.41, 5.74) is 9.77. The molecule has 0 bridgehead atoms. The Kier molecular flexibility index (Phi) is 4.62. The van der Waals surface area contributed by atoms with Crippen molar-refractivity contribution >= 4 is 11.9 Å². The largest absolute Gasteiger partial charge is 0.468 e. The lowest BCUT2D eigenvalue weighted by molar-refractivity contribution is -0.148. The van der Waals surface area contributed by atoms with Gasteiger partial charge in [0.1, 0.15) is 6.04 Å². The third kappa shape index (κ3) is 3.03. The third-order valence-corrected chi connectivity index (χ3v) is 4.19. The van der Waals surface area contributed by atoms with Crippen molar-refractivity contribution in [1.29, 1.82) is 0 Å². The zero-order valence-corrected chi connectivity index (χ0v) is 13.4. The maximum Gasteiger partial charge on any atom is 0.322 e. The molecule has 1 aliphatic carbocycles. The second-order valence-corrected chi connectivity index (χ2v) is 5.71. The average Bonchev–Trinajstić information content (AvgIpc) is 2.93. The van der Waals surface area contributed by atoms with Crippen molar-refractivity contribution < 1.29 is 19.1 Å². The van der Waals surface area contributed by atoms with E-state index in [4.69, 9.17) is 10.5 Å². The Balaban J connectivity index is 1.73. The van der Waals surface area contributed by atoms with Crippen LogP contribution in [0.15, 0.2) is 48.5 Å². The summed E-state index contributed by atoms with van der Waals surface area (Å²) in [5.74, 6) is -0.912. The van der Waals surface area contributed by atoms with E-state index in [0.29, 0.717) is 0 Å². The lowest BCUT2D eigenvalue weighted by atomic mass is 10.1. The Morgan fingerprint density at radius 2 is 1.58 bits per heavy atom. The van der Waals surface area contributed by atoms with Crippen molar-refractivity contribution in [3.05, 3.63) is 59.7 Å². The van der Waals surface area contributed by atoms with Crippen LogP contribution in [-0.2, 0) is 19.1 Å². The fourth-order valence-electron chi connectivity index (χ4n) is 2.97. The first-order chi connectivity index (χ1) is 11.6. The van der Waals surface area contributed by atoms with Crippen LogP contribution >= 0.6 is 0 Å². The van der Waals surface area contributed by atoms with Crippen molar-refractivity contribution in [2.24, 2.45) is 5.73 Å². The molecule has 0 saturated carbocycles. The molecule has 2 N–H and O–H groups in total. The second-order valence-electron chi connectivity index (χ2n) is 5.71. The molecule has 0 spiro atoms. The number of hydrogen-bond acceptors (Lipinski definition) is 5. The highest BCUT2D eigenvalue weighted by molar-refractivity contribution is 5.80. The topological polar surface area (TPSA) is 78.6 Å². The number of carbonyl (C=O) groups excluding carboxylic acids is 2. The summed E-state index contributed by atoms with van der Waals surface area (Å²) in [7, 11) is 1.27. The first-order valence-electron chi connectivity index (χ1n) is 7.83. The van der Waals surface area contributed by atoms with E-state index in [0.717, 1.165) is 22.3 Å². The highest BCUT2D eigenvalue weighted by atomic mass is 16.5. The Morgan fingerprint density at radius 1 is 1.04 bits per heavy atom. The number of hydrogen-bond donors (Lipinski definition) is 1. The molecule has 1 atom stereocenters. The minimum absolute atomic E-state index is 0.0666. The third-order valence-electron chi connectivity index (χ3n) is 4.19. The Hall–Kier alpha value is -2.66. The molecule has 1 aliphatic rings. The number of benzene rings is 2. The first-order valence-corrected chi connectivity index (χ1v) is 7.83. The molecule has 0 radical (unpaired) electrons. The quantitative estimate of drug-likeness (QED) is 0.855. The molecule has 5 nitrogen and oxygen atoms in total. The van der Waals surface area contributed by atoms with Crippen LogP contribution in [-0.4, -0.2) is 25.1 Å². The van der Waals surface area contributed by atoms with E-state index in [1.165, 1.54) is 7.11 Å². The summed E-state index contributed by atoms with van der Waals surface area (Å²) in [6, 6.07) is 15.0. The van der Waals surface area contributed by atoms with E-state index in [2.05, 4.69) is 4.74 Å². The van der Waals surface area contributed by atoms with Crippen LogP contribution in [0.2, 0.25) is 0 Å². The van der Waals surface area contributed by atoms with E-state index < -0.39 is 18.1 Å². The highest BCUT2D eigenvalue weighted by Crippen LogP contribution is 2.45. The molecular weight excluding hydrogens is 306 g/mol. The number of methoxy groups -OCH3 is 1. The molecule has 24 heavy (non-hydrogen) atoms. The van der Waals surface area contributed by atoms with E-state index in [1.54, 1.807) is 0 Å². The van der Waals surface area contributed by atoms with Crippen molar-refractivity contribution in [1.82, 2.24) is 0 Å². The van der Waals surface area contributed by atoms with Gasteiger partial charge in [0.2, 0.25) is 0 Å². The molecule has 0 aliphatic heterocycles. The minimum Gasteiger partial charge on any atom is -0.468 e. The van der Waals surface area contributed by atoms with E-state index in [9.17, 15) is 9.59 Å². The normalized spacial score (nSPS) is 13.8. The van der Waals surface area contributed by atoms with Gasteiger partial charge in [0.15, 0.2) is 6.10 Å². The van der Waals surface area contributed by atoms with Gasteiger partial charge in [-0.05, 0) is 17.5 Å². The van der Waals surface area contributed by atoms with Gasteiger partial charge in [-0.1, -0.05) is 48.5 Å². The van der Waals surface area contributed by atoms with Crippen molar-refractivity contribution in [2.75, 3.05) is 7.11 Å². The summed E-state index contributed by atoms with van der Waals surface area (Å²) < 4.78 is 10.2. The molecular formula is C19H19NO4. The van der Waals surface area contributed by atoms with Gasteiger partial charge < -0.3 is 15.2 Å². The van der Waals surface area contributed by atoms with Gasteiger partial charge in [-0.25, -0.2) is 0 Å². The molecule has 0 fully saturated rings. The zero-order chi connectivity index (χ0) is 17.1. The molecule has 0 aromatic heterocycles. The van der Waals surface area contributed by atoms with Crippen LogP contribution in [0.5, 0.6) is 0 Å². The summed E-state index contributed by atoms with van der Waals surface area (Å²) in [6.45, 7) is 0. The van der Waals surface area contributed by atoms with Gasteiger partial charge >= 0.3 is 11.9 Å². The predicted octanol–water partition coefficient (Wildman–Crippen LogP) is 2.58. The van der Waals surface area contributed by atoms with Gasteiger partial charge in [0.05, 0.1) is 7.11 Å². The number of fused-ring (bicyclic) bond motifs is 3. The summed E-state index contributed by atoms with van der Waals surface area (Å²) in [6.07, 6.45) is -0.155. The molecule has 0 saturated heterocycles. The lowest BCUT2D eigenvalue weighted by Crippen LogP contribution is -2.32. The van der Waals surface area contributed by atoms with Crippen LogP contribution in [0.4, 0.5) is 0 Å². The minimum atomic E-state index is -0.814. The van der Waals surface area contributed by atoms with E-state index in [-0.39, 0.29) is 18.8 Å². The van der Waals surface area contributed by atoms with E-state index in [1.807, 2.05) is 48.5 Å². The molecule has 5 heteroatoms. The number of nitrogens with two attached hydrogens (primary N) is 1. The molecule has 0 heterocycles. The van der Waals surface area contributed by atoms with Gasteiger partial charge in [0.25, 0.3) is 0 Å². The average molecular weight is 325 g/mol. The Labute approximate surface area is 140 Å². The highest BCUT2D eigenvalue weighted by Gasteiger charge is 2.31. The fourth-order valence-corrected chi connectivity index (χ4v) is 2.97. The van der Waals surface area contributed by atoms with Gasteiger partial charge in [-0.3, -0.25) is 9.59 Å². The number of carbonyl (C=O) groups is 2. The van der Waals surface area contributed by atoms with Gasteiger partial charge in [0, 0.05) is 17.5 Å². The zero-order valence-electron chi connectivity index (χ0n) is 13.4. The number of ether oxygens (including phenoxy) is 2. The SMILES string of the molecule is COC(=O)[C@@H](N)CCC(=O)OC1c2ccccc2-c2ccccc21. The molecule has 3 rings (SSSR count). The van der Waals surface area contributed by atoms with Crippen molar-refractivity contribution in [2.45, 2.75) is 25.0 Å². The smallest absolute Gasteiger partial charge is 0.322 e. The lowest BCUT2D eigenvalue weighted by Gasteiger charge is -2.16. The fraction of sp³-hybridized carbons (Fsp3) is 0.263. The van der Waals surface area contributed by atoms with E-state index >= 15 is 0 Å². The van der Waals surface area contributed by atoms with Crippen molar-refractivity contribution in [3.63, 3.8) is 0 Å². The summed E-state index contributed by atoms with van der Waals surface area (Å²) in [4.78, 5) is 23.5. The Bertz CT molecular complexity index is 726. The summed E-state index contributed by atoms with van der Waals surface area (Å²) >= 11 is 0. The predicted molar refractivity (Wildman–Crippen MR) is 89.0 cm³/mol. The molecule has 0 unspecified atom stereocenters. The van der Waals surface area contributed by atoms with Crippen molar-refractivity contribution in [3.8, 4) is 11.1 Å². The summed E-state index contributed by atoms with van der Waals surface area (Å²) in [5, 5.41) is 0. The monoisotopic (exact) mass is 325 g/mol. The molecule has 0 amide bonds. The molecule has 2 aromatic carbocycles. The maximum absolute atomic E-state index is 12.2. The standard InChI is InChI=1S/C19H19NO4/c1-23-19(22)16(20)10-11-17(21)24-18-14-8-4-2-6-12(14)13-7-3-5-9-15(13)18/h2-9,16,18H,10-11,20H2,1H3/t16-/m0/s1. The van der Waals surface area contributed by atoms with Gasteiger partial charge in [-0.2, -0.15) is 0 Å². The first kappa shape index (κ1) is 16.2. The number of rotatable bonds is 5. The second kappa shape index (κ2) is 6.84. The number of esters is 2. The van der Waals surface area contributed by atoms with Crippen LogP contribution in [0.25, 0.3) is 11.1 Å². The van der Waals surface area contributed by atoms with Gasteiger partial charge in [-0.15, -0.1) is 0 Å². The van der Waals surface area contributed by atoms with Crippen LogP contribution in [0.1, 0.15) is 30.1 Å². The molecule has 2 aromatic rings. The Morgan fingerprint density at radius 3 is 2.12 bits per heavy atom.